The van der Waals surface area contributed by atoms with Crippen molar-refractivity contribution >= 4 is 11.9 Å². The highest BCUT2D eigenvalue weighted by Crippen LogP contribution is 2.29. The van der Waals surface area contributed by atoms with Crippen molar-refractivity contribution in [3.8, 4) is 0 Å². The average molecular weight is 317 g/mol. The summed E-state index contributed by atoms with van der Waals surface area (Å²) in [4.78, 5) is 27.3. The zero-order chi connectivity index (χ0) is 16.0. The van der Waals surface area contributed by atoms with Crippen molar-refractivity contribution in [2.45, 2.75) is 18.5 Å². The largest absolute Gasteiger partial charge is 0.383 e. The second-order valence-corrected chi connectivity index (χ2v) is 5.58. The van der Waals surface area contributed by atoms with Crippen molar-refractivity contribution in [2.24, 2.45) is 0 Å². The van der Waals surface area contributed by atoms with Crippen molar-refractivity contribution in [3.05, 3.63) is 0 Å². The van der Waals surface area contributed by atoms with Crippen LogP contribution in [0.25, 0.3) is 0 Å². The van der Waals surface area contributed by atoms with Crippen LogP contribution in [0.3, 0.4) is 0 Å². The number of urea groups is 1. The van der Waals surface area contributed by atoms with Crippen molar-refractivity contribution in [2.75, 3.05) is 59.7 Å². The molecule has 1 N–H and O–H groups in total. The highest BCUT2D eigenvalue weighted by Gasteiger charge is 2.45. The Bertz CT molecular complexity index is 394. The average Bonchev–Trinajstić information content (AvgIpc) is 2.55. The summed E-state index contributed by atoms with van der Waals surface area (Å²) in [5, 5.41) is 2.70. The number of carbonyl (C=O) groups excluding carboxylic acids is 2. The third kappa shape index (κ3) is 4.07. The van der Waals surface area contributed by atoms with Gasteiger partial charge in [0.2, 0.25) is 0 Å². The van der Waals surface area contributed by atoms with Crippen molar-refractivity contribution in [1.82, 2.24) is 15.1 Å². The minimum absolute atomic E-state index is 0.0425. The summed E-state index contributed by atoms with van der Waals surface area (Å²) in [5.41, 5.74) is -1.86. The van der Waals surface area contributed by atoms with E-state index in [2.05, 4.69) is 5.32 Å². The summed E-state index contributed by atoms with van der Waals surface area (Å²) < 4.78 is 24.9. The van der Waals surface area contributed by atoms with Gasteiger partial charge in [-0.1, -0.05) is 0 Å². The molecule has 0 aromatic rings. The number of morpholine rings is 1. The van der Waals surface area contributed by atoms with Gasteiger partial charge in [-0.25, -0.2) is 9.18 Å². The lowest BCUT2D eigenvalue weighted by Gasteiger charge is -2.39. The topological polar surface area (TPSA) is 71.1 Å². The van der Waals surface area contributed by atoms with Crippen LogP contribution >= 0.6 is 0 Å². The first-order chi connectivity index (χ1) is 10.6. The van der Waals surface area contributed by atoms with Gasteiger partial charge in [0.1, 0.15) is 0 Å². The first-order valence-corrected chi connectivity index (χ1v) is 7.64. The molecule has 0 spiro atoms. The molecule has 2 aliphatic rings. The highest BCUT2D eigenvalue weighted by molar-refractivity contribution is 5.86. The minimum atomic E-state index is -1.86. The quantitative estimate of drug-likeness (QED) is 0.741. The number of methoxy groups -OCH3 is 1. The second-order valence-electron chi connectivity index (χ2n) is 5.58. The standard InChI is InChI=1S/C14H24FN3O4/c1-21-9-4-16-13(20)18-5-2-14(15,3-6-18)12(19)17-7-10-22-11-8-17/h2-11H2,1H3,(H,16,20). The van der Waals surface area contributed by atoms with Crippen LogP contribution < -0.4 is 5.32 Å². The number of nitrogens with zero attached hydrogens (tertiary/aromatic N) is 2. The molecule has 0 bridgehead atoms. The minimum Gasteiger partial charge on any atom is -0.383 e. The van der Waals surface area contributed by atoms with Gasteiger partial charge in [-0.15, -0.1) is 0 Å². The Kier molecular flexibility index (Phi) is 5.96. The van der Waals surface area contributed by atoms with Gasteiger partial charge < -0.3 is 24.6 Å². The molecule has 126 valence electrons. The molecule has 0 aliphatic carbocycles. The fourth-order valence-corrected chi connectivity index (χ4v) is 2.70. The van der Waals surface area contributed by atoms with E-state index in [4.69, 9.17) is 9.47 Å². The summed E-state index contributed by atoms with van der Waals surface area (Å²) in [6.07, 6.45) is 0.0851. The Balaban J connectivity index is 1.81. The fourth-order valence-electron chi connectivity index (χ4n) is 2.70. The molecule has 0 aromatic heterocycles. The maximum atomic E-state index is 14.9. The van der Waals surface area contributed by atoms with Gasteiger partial charge in [-0.2, -0.15) is 0 Å². The molecule has 22 heavy (non-hydrogen) atoms. The third-order valence-corrected chi connectivity index (χ3v) is 4.11. The van der Waals surface area contributed by atoms with E-state index in [-0.39, 0.29) is 32.0 Å². The van der Waals surface area contributed by atoms with E-state index in [1.54, 1.807) is 12.0 Å². The number of hydrogen-bond acceptors (Lipinski definition) is 4. The zero-order valence-electron chi connectivity index (χ0n) is 13.0. The maximum absolute atomic E-state index is 14.9. The summed E-state index contributed by atoms with van der Waals surface area (Å²) in [6.45, 7) is 3.11. The Morgan fingerprint density at radius 1 is 1.18 bits per heavy atom. The summed E-state index contributed by atoms with van der Waals surface area (Å²) in [5.74, 6) is -0.463. The Labute approximate surface area is 129 Å². The van der Waals surface area contributed by atoms with Crippen LogP contribution in [-0.4, -0.2) is 87.1 Å². The van der Waals surface area contributed by atoms with Crippen LogP contribution in [0.4, 0.5) is 9.18 Å². The number of amides is 3. The van der Waals surface area contributed by atoms with E-state index in [9.17, 15) is 14.0 Å². The van der Waals surface area contributed by atoms with Gasteiger partial charge in [-0.3, -0.25) is 4.79 Å². The normalized spacial score (nSPS) is 21.5. The molecule has 0 unspecified atom stereocenters. The van der Waals surface area contributed by atoms with Gasteiger partial charge in [0.15, 0.2) is 5.67 Å². The van der Waals surface area contributed by atoms with E-state index in [0.717, 1.165) is 0 Å². The van der Waals surface area contributed by atoms with E-state index < -0.39 is 11.6 Å². The molecule has 0 saturated carbocycles. The fraction of sp³-hybridized carbons (Fsp3) is 0.857. The lowest BCUT2D eigenvalue weighted by Crippen LogP contribution is -2.56. The van der Waals surface area contributed by atoms with E-state index in [1.807, 2.05) is 0 Å². The molecule has 0 radical (unpaired) electrons. The number of piperidine rings is 1. The van der Waals surface area contributed by atoms with Gasteiger partial charge in [0, 0.05) is 52.7 Å². The lowest BCUT2D eigenvalue weighted by atomic mass is 9.91. The number of carbonyl (C=O) groups is 2. The number of alkyl halides is 1. The Morgan fingerprint density at radius 3 is 2.41 bits per heavy atom. The van der Waals surface area contributed by atoms with Crippen molar-refractivity contribution in [1.29, 1.82) is 0 Å². The van der Waals surface area contributed by atoms with Crippen LogP contribution in [0.2, 0.25) is 0 Å². The van der Waals surface area contributed by atoms with Crippen LogP contribution in [0.5, 0.6) is 0 Å². The molecule has 2 saturated heterocycles. The summed E-state index contributed by atoms with van der Waals surface area (Å²) in [6, 6.07) is -0.238. The molecule has 2 heterocycles. The van der Waals surface area contributed by atoms with Crippen LogP contribution in [0.15, 0.2) is 0 Å². The lowest BCUT2D eigenvalue weighted by molar-refractivity contribution is -0.151. The number of halogens is 1. The summed E-state index contributed by atoms with van der Waals surface area (Å²) in [7, 11) is 1.56. The Hall–Kier alpha value is -1.41. The Morgan fingerprint density at radius 2 is 1.82 bits per heavy atom. The second kappa shape index (κ2) is 7.73. The van der Waals surface area contributed by atoms with Crippen LogP contribution in [-0.2, 0) is 14.3 Å². The van der Waals surface area contributed by atoms with Crippen LogP contribution in [0, 0.1) is 0 Å². The number of hydrogen-bond donors (Lipinski definition) is 1. The molecule has 0 atom stereocenters. The van der Waals surface area contributed by atoms with Crippen molar-refractivity contribution < 1.29 is 23.5 Å². The molecular formula is C14H24FN3O4. The molecule has 2 rings (SSSR count). The van der Waals surface area contributed by atoms with Gasteiger partial charge in [0.05, 0.1) is 19.8 Å². The monoisotopic (exact) mass is 317 g/mol. The SMILES string of the molecule is COCCNC(=O)N1CCC(F)(C(=O)N2CCOCC2)CC1. The van der Waals surface area contributed by atoms with Gasteiger partial charge in [0.25, 0.3) is 5.91 Å². The molecule has 7 nitrogen and oxygen atoms in total. The third-order valence-electron chi connectivity index (χ3n) is 4.11. The first kappa shape index (κ1) is 17.0. The molecule has 3 amide bonds. The molecule has 2 fully saturated rings. The van der Waals surface area contributed by atoms with Crippen LogP contribution in [0.1, 0.15) is 12.8 Å². The van der Waals surface area contributed by atoms with E-state index in [1.165, 1.54) is 4.90 Å². The smallest absolute Gasteiger partial charge is 0.317 e. The number of likely N-dealkylation sites (tertiary alicyclic amines) is 1. The number of nitrogens with one attached hydrogen (secondary N) is 1. The zero-order valence-corrected chi connectivity index (χ0v) is 13.0. The highest BCUT2D eigenvalue weighted by atomic mass is 19.1. The first-order valence-electron chi connectivity index (χ1n) is 7.64. The predicted molar refractivity (Wildman–Crippen MR) is 77.3 cm³/mol. The summed E-state index contributed by atoms with van der Waals surface area (Å²) >= 11 is 0. The molecule has 8 heteroatoms. The molecular weight excluding hydrogens is 293 g/mol. The predicted octanol–water partition coefficient (Wildman–Crippen LogP) is 0.00530. The van der Waals surface area contributed by atoms with E-state index in [0.29, 0.717) is 39.5 Å². The number of ether oxygens (including phenoxy) is 2. The van der Waals surface area contributed by atoms with E-state index >= 15 is 0 Å². The maximum Gasteiger partial charge on any atom is 0.317 e. The molecule has 2 aliphatic heterocycles. The van der Waals surface area contributed by atoms with Gasteiger partial charge in [-0.05, 0) is 0 Å². The number of rotatable bonds is 4. The van der Waals surface area contributed by atoms with Gasteiger partial charge >= 0.3 is 6.03 Å². The van der Waals surface area contributed by atoms with Crippen molar-refractivity contribution in [3.63, 3.8) is 0 Å². The molecule has 0 aromatic carbocycles.